The summed E-state index contributed by atoms with van der Waals surface area (Å²) in [5.74, 6) is -0.152. The average Bonchev–Trinajstić information content (AvgIpc) is 2.71. The first-order valence-corrected chi connectivity index (χ1v) is 6.53. The van der Waals surface area contributed by atoms with Crippen molar-refractivity contribution < 1.29 is 4.39 Å². The van der Waals surface area contributed by atoms with Crippen LogP contribution in [0.15, 0.2) is 29.0 Å². The molecule has 1 heterocycles. The van der Waals surface area contributed by atoms with Gasteiger partial charge in [0, 0.05) is 5.56 Å². The first-order valence-electron chi connectivity index (χ1n) is 5.59. The molecule has 0 aliphatic carbocycles. The zero-order valence-electron chi connectivity index (χ0n) is 10.3. The van der Waals surface area contributed by atoms with E-state index < -0.39 is 0 Å². The molecule has 1 aromatic heterocycles. The van der Waals surface area contributed by atoms with Gasteiger partial charge in [-0.05, 0) is 48.8 Å². The van der Waals surface area contributed by atoms with Gasteiger partial charge in [0.05, 0.1) is 6.04 Å². The molecule has 0 aliphatic heterocycles. The quantitative estimate of drug-likeness (QED) is 0.872. The van der Waals surface area contributed by atoms with Crippen LogP contribution in [0, 0.1) is 19.7 Å². The normalized spacial score (nSPS) is 12.7. The molecule has 1 N–H and O–H groups in total. The number of rotatable bonds is 3. The van der Waals surface area contributed by atoms with E-state index in [4.69, 9.17) is 0 Å². The molecular weight excluding hydrogens is 233 g/mol. The first kappa shape index (κ1) is 12.3. The Balaban J connectivity index is 2.49. The summed E-state index contributed by atoms with van der Waals surface area (Å²) >= 11 is 1.65. The molecule has 1 atom stereocenters. The molecule has 3 heteroatoms. The van der Waals surface area contributed by atoms with Crippen molar-refractivity contribution >= 4 is 11.3 Å². The van der Waals surface area contributed by atoms with Gasteiger partial charge in [-0.15, -0.1) is 0 Å². The van der Waals surface area contributed by atoms with Crippen LogP contribution < -0.4 is 5.32 Å². The summed E-state index contributed by atoms with van der Waals surface area (Å²) in [6, 6.07) is 5.18. The molecule has 1 nitrogen and oxygen atoms in total. The molecule has 0 saturated heterocycles. The standard InChI is InChI=1S/C14H16FNS/c1-9-4-5-13(15)11(6-9)14(16-3)12-8-17-7-10(12)2/h4-8,14,16H,1-3H3. The number of thiophene rings is 1. The molecule has 17 heavy (non-hydrogen) atoms. The largest absolute Gasteiger partial charge is 0.309 e. The van der Waals surface area contributed by atoms with Crippen LogP contribution in [0.2, 0.25) is 0 Å². The van der Waals surface area contributed by atoms with Crippen molar-refractivity contribution in [3.8, 4) is 0 Å². The average molecular weight is 249 g/mol. The van der Waals surface area contributed by atoms with Crippen LogP contribution in [-0.2, 0) is 0 Å². The number of aryl methyl sites for hydroxylation is 2. The van der Waals surface area contributed by atoms with Crippen molar-refractivity contribution in [2.75, 3.05) is 7.05 Å². The van der Waals surface area contributed by atoms with Crippen LogP contribution in [0.3, 0.4) is 0 Å². The third-order valence-electron chi connectivity index (χ3n) is 2.96. The maximum Gasteiger partial charge on any atom is 0.128 e. The van der Waals surface area contributed by atoms with E-state index >= 15 is 0 Å². The molecule has 1 unspecified atom stereocenters. The van der Waals surface area contributed by atoms with Crippen LogP contribution >= 0.6 is 11.3 Å². The molecular formula is C14H16FNS. The summed E-state index contributed by atoms with van der Waals surface area (Å²) in [4.78, 5) is 0. The lowest BCUT2D eigenvalue weighted by molar-refractivity contribution is 0.575. The van der Waals surface area contributed by atoms with Crippen molar-refractivity contribution in [2.45, 2.75) is 19.9 Å². The van der Waals surface area contributed by atoms with E-state index in [2.05, 4.69) is 23.0 Å². The first-order chi connectivity index (χ1) is 8.13. The summed E-state index contributed by atoms with van der Waals surface area (Å²) in [6.07, 6.45) is 0. The van der Waals surface area contributed by atoms with E-state index in [1.807, 2.05) is 20.0 Å². The van der Waals surface area contributed by atoms with Crippen LogP contribution in [0.1, 0.15) is 28.3 Å². The van der Waals surface area contributed by atoms with E-state index in [1.54, 1.807) is 17.4 Å². The van der Waals surface area contributed by atoms with Crippen LogP contribution in [0.25, 0.3) is 0 Å². The maximum atomic E-state index is 13.9. The highest BCUT2D eigenvalue weighted by Gasteiger charge is 2.18. The van der Waals surface area contributed by atoms with Gasteiger partial charge in [-0.25, -0.2) is 4.39 Å². The SMILES string of the molecule is CNC(c1cscc1C)c1cc(C)ccc1F. The van der Waals surface area contributed by atoms with E-state index in [1.165, 1.54) is 11.6 Å². The molecule has 0 fully saturated rings. The third-order valence-corrected chi connectivity index (χ3v) is 3.84. The van der Waals surface area contributed by atoms with Gasteiger partial charge in [0.25, 0.3) is 0 Å². The molecule has 0 spiro atoms. The number of nitrogens with one attached hydrogen (secondary N) is 1. The Kier molecular flexibility index (Phi) is 3.60. The van der Waals surface area contributed by atoms with Gasteiger partial charge in [-0.2, -0.15) is 11.3 Å². The van der Waals surface area contributed by atoms with Gasteiger partial charge in [0.1, 0.15) is 5.82 Å². The molecule has 1 aromatic carbocycles. The highest BCUT2D eigenvalue weighted by molar-refractivity contribution is 7.08. The molecule has 0 amide bonds. The smallest absolute Gasteiger partial charge is 0.128 e. The Morgan fingerprint density at radius 3 is 2.53 bits per heavy atom. The van der Waals surface area contributed by atoms with E-state index in [0.29, 0.717) is 5.56 Å². The van der Waals surface area contributed by atoms with Crippen LogP contribution in [0.5, 0.6) is 0 Å². The summed E-state index contributed by atoms with van der Waals surface area (Å²) in [6.45, 7) is 4.04. The van der Waals surface area contributed by atoms with Gasteiger partial charge in [0.2, 0.25) is 0 Å². The van der Waals surface area contributed by atoms with E-state index in [0.717, 1.165) is 11.1 Å². The Labute approximate surface area is 105 Å². The van der Waals surface area contributed by atoms with Gasteiger partial charge in [0.15, 0.2) is 0 Å². The van der Waals surface area contributed by atoms with Crippen LogP contribution in [0.4, 0.5) is 4.39 Å². The second-order valence-corrected chi connectivity index (χ2v) is 5.00. The number of benzene rings is 1. The minimum absolute atomic E-state index is 0.0684. The fourth-order valence-corrected chi connectivity index (χ4v) is 2.91. The summed E-state index contributed by atoms with van der Waals surface area (Å²) < 4.78 is 13.9. The molecule has 90 valence electrons. The van der Waals surface area contributed by atoms with Crippen molar-refractivity contribution in [1.82, 2.24) is 5.32 Å². The zero-order valence-corrected chi connectivity index (χ0v) is 11.1. The third kappa shape index (κ3) is 2.40. The molecule has 2 aromatic rings. The molecule has 0 aliphatic rings. The van der Waals surface area contributed by atoms with Crippen molar-refractivity contribution in [1.29, 1.82) is 0 Å². The molecule has 0 saturated carbocycles. The van der Waals surface area contributed by atoms with Crippen LogP contribution in [-0.4, -0.2) is 7.05 Å². The Hall–Kier alpha value is -1.19. The van der Waals surface area contributed by atoms with Gasteiger partial charge >= 0.3 is 0 Å². The Bertz CT molecular complexity index is 519. The van der Waals surface area contributed by atoms with Crippen molar-refractivity contribution in [2.24, 2.45) is 0 Å². The summed E-state index contributed by atoms with van der Waals surface area (Å²) in [5.41, 5.74) is 4.15. The molecule has 0 bridgehead atoms. The molecule has 0 radical (unpaired) electrons. The fraction of sp³-hybridized carbons (Fsp3) is 0.286. The predicted molar refractivity (Wildman–Crippen MR) is 71.1 cm³/mol. The number of halogens is 1. The fourth-order valence-electron chi connectivity index (χ4n) is 2.03. The maximum absolute atomic E-state index is 13.9. The molecule has 2 rings (SSSR count). The van der Waals surface area contributed by atoms with Crippen molar-refractivity contribution in [3.63, 3.8) is 0 Å². The Morgan fingerprint density at radius 1 is 1.18 bits per heavy atom. The highest BCUT2D eigenvalue weighted by atomic mass is 32.1. The van der Waals surface area contributed by atoms with Gasteiger partial charge in [-0.3, -0.25) is 0 Å². The van der Waals surface area contributed by atoms with E-state index in [-0.39, 0.29) is 11.9 Å². The number of hydrogen-bond donors (Lipinski definition) is 1. The number of hydrogen-bond acceptors (Lipinski definition) is 2. The summed E-state index contributed by atoms with van der Waals surface area (Å²) in [7, 11) is 1.86. The van der Waals surface area contributed by atoms with Gasteiger partial charge in [-0.1, -0.05) is 17.7 Å². The monoisotopic (exact) mass is 249 g/mol. The van der Waals surface area contributed by atoms with Gasteiger partial charge < -0.3 is 5.32 Å². The zero-order chi connectivity index (χ0) is 12.4. The topological polar surface area (TPSA) is 12.0 Å². The Morgan fingerprint density at radius 2 is 1.94 bits per heavy atom. The second kappa shape index (κ2) is 4.98. The highest BCUT2D eigenvalue weighted by Crippen LogP contribution is 2.29. The lowest BCUT2D eigenvalue weighted by Crippen LogP contribution is -2.19. The predicted octanol–water partition coefficient (Wildman–Crippen LogP) is 3.81. The lowest BCUT2D eigenvalue weighted by atomic mass is 9.97. The minimum atomic E-state index is -0.152. The minimum Gasteiger partial charge on any atom is -0.309 e. The lowest BCUT2D eigenvalue weighted by Gasteiger charge is -2.18. The van der Waals surface area contributed by atoms with E-state index in [9.17, 15) is 4.39 Å². The van der Waals surface area contributed by atoms with Crippen molar-refractivity contribution in [3.05, 3.63) is 57.0 Å². The second-order valence-electron chi connectivity index (χ2n) is 4.26. The summed E-state index contributed by atoms with van der Waals surface area (Å²) in [5, 5.41) is 7.37.